The highest BCUT2D eigenvalue weighted by Gasteiger charge is 2.34. The monoisotopic (exact) mass is 411 g/mol. The van der Waals surface area contributed by atoms with Crippen LogP contribution in [0.15, 0.2) is 24.3 Å². The van der Waals surface area contributed by atoms with Gasteiger partial charge in [0, 0.05) is 12.6 Å². The molecule has 7 nitrogen and oxygen atoms in total. The fourth-order valence-electron chi connectivity index (χ4n) is 3.18. The summed E-state index contributed by atoms with van der Waals surface area (Å²) in [7, 11) is -3.09. The van der Waals surface area contributed by atoms with Gasteiger partial charge in [-0.2, -0.15) is 0 Å². The number of sulfone groups is 1. The standard InChI is InChI=1S/C20H29NO6S/c1-3-5-6-12-26-18-9-7-16(8-10-18)20(23)27-14-19(22)21(4-2)17-11-13-28(24,25)15-17/h7-10,17H,3-6,11-15H2,1-2H3. The van der Waals surface area contributed by atoms with E-state index in [1.165, 1.54) is 4.90 Å². The van der Waals surface area contributed by atoms with Crippen molar-refractivity contribution < 1.29 is 27.5 Å². The molecule has 0 aliphatic carbocycles. The molecule has 1 fully saturated rings. The molecule has 0 spiro atoms. The first-order chi connectivity index (χ1) is 13.4. The number of rotatable bonds is 10. The number of nitrogens with zero attached hydrogens (tertiary/aromatic N) is 1. The molecule has 0 radical (unpaired) electrons. The summed E-state index contributed by atoms with van der Waals surface area (Å²) < 4.78 is 34.0. The van der Waals surface area contributed by atoms with E-state index in [2.05, 4.69) is 6.92 Å². The maximum Gasteiger partial charge on any atom is 0.338 e. The number of unbranched alkanes of at least 4 members (excludes halogenated alkanes) is 2. The van der Waals surface area contributed by atoms with E-state index in [4.69, 9.17) is 9.47 Å². The van der Waals surface area contributed by atoms with Gasteiger partial charge in [0.15, 0.2) is 16.4 Å². The summed E-state index contributed by atoms with van der Waals surface area (Å²) in [5, 5.41) is 0. The summed E-state index contributed by atoms with van der Waals surface area (Å²) in [6, 6.07) is 6.26. The highest BCUT2D eigenvalue weighted by molar-refractivity contribution is 7.91. The lowest BCUT2D eigenvalue weighted by molar-refractivity contribution is -0.136. The molecule has 28 heavy (non-hydrogen) atoms. The van der Waals surface area contributed by atoms with Crippen LogP contribution in [0.3, 0.4) is 0 Å². The smallest absolute Gasteiger partial charge is 0.338 e. The summed E-state index contributed by atoms with van der Waals surface area (Å²) in [5.41, 5.74) is 0.334. The first kappa shape index (κ1) is 22.2. The molecule has 1 heterocycles. The van der Waals surface area contributed by atoms with Gasteiger partial charge in [0.1, 0.15) is 5.75 Å². The molecule has 0 saturated carbocycles. The minimum Gasteiger partial charge on any atom is -0.494 e. The van der Waals surface area contributed by atoms with Crippen molar-refractivity contribution in [2.24, 2.45) is 0 Å². The fourth-order valence-corrected chi connectivity index (χ4v) is 4.91. The second-order valence-electron chi connectivity index (χ2n) is 6.89. The molecule has 1 aromatic rings. The molecule has 1 aliphatic rings. The summed E-state index contributed by atoms with van der Waals surface area (Å²) in [5.74, 6) is -0.230. The van der Waals surface area contributed by atoms with Gasteiger partial charge in [0.2, 0.25) is 0 Å². The van der Waals surface area contributed by atoms with Gasteiger partial charge < -0.3 is 14.4 Å². The lowest BCUT2D eigenvalue weighted by Gasteiger charge is -2.26. The number of benzene rings is 1. The summed E-state index contributed by atoms with van der Waals surface area (Å²) in [6.45, 7) is 4.51. The molecule has 1 unspecified atom stereocenters. The number of likely N-dealkylation sites (N-methyl/N-ethyl adjacent to an activating group) is 1. The third-order valence-corrected chi connectivity index (χ3v) is 6.49. The van der Waals surface area contributed by atoms with Crippen LogP contribution in [0, 0.1) is 0 Å². The van der Waals surface area contributed by atoms with Gasteiger partial charge in [-0.1, -0.05) is 19.8 Å². The predicted molar refractivity (Wildman–Crippen MR) is 106 cm³/mol. The quantitative estimate of drug-likeness (QED) is 0.434. The minimum atomic E-state index is -3.09. The molecule has 2 rings (SSSR count). The predicted octanol–water partition coefficient (Wildman–Crippen LogP) is 2.45. The van der Waals surface area contributed by atoms with E-state index in [-0.39, 0.29) is 23.5 Å². The van der Waals surface area contributed by atoms with Gasteiger partial charge >= 0.3 is 5.97 Å². The number of ether oxygens (including phenoxy) is 2. The lowest BCUT2D eigenvalue weighted by Crippen LogP contribution is -2.43. The van der Waals surface area contributed by atoms with Crippen molar-refractivity contribution in [3.8, 4) is 5.75 Å². The molecule has 1 amide bonds. The van der Waals surface area contributed by atoms with E-state index in [1.54, 1.807) is 31.2 Å². The number of hydrogen-bond donors (Lipinski definition) is 0. The van der Waals surface area contributed by atoms with Crippen molar-refractivity contribution >= 4 is 21.7 Å². The Balaban J connectivity index is 1.82. The Morgan fingerprint density at radius 1 is 1.14 bits per heavy atom. The van der Waals surface area contributed by atoms with Crippen LogP contribution in [0.2, 0.25) is 0 Å². The molecular weight excluding hydrogens is 382 g/mol. The van der Waals surface area contributed by atoms with E-state index in [1.807, 2.05) is 0 Å². The van der Waals surface area contributed by atoms with Gasteiger partial charge in [-0.25, -0.2) is 13.2 Å². The van der Waals surface area contributed by atoms with Crippen molar-refractivity contribution in [2.45, 2.75) is 45.6 Å². The molecule has 156 valence electrons. The maximum atomic E-state index is 12.4. The van der Waals surface area contributed by atoms with Crippen LogP contribution < -0.4 is 4.74 Å². The second kappa shape index (κ2) is 10.5. The first-order valence-corrected chi connectivity index (χ1v) is 11.6. The average molecular weight is 412 g/mol. The number of hydrogen-bond acceptors (Lipinski definition) is 6. The molecule has 1 aliphatic heterocycles. The zero-order valence-electron chi connectivity index (χ0n) is 16.6. The Labute approximate surface area is 166 Å². The number of amides is 1. The topological polar surface area (TPSA) is 90.0 Å². The Morgan fingerprint density at radius 2 is 1.86 bits per heavy atom. The van der Waals surface area contributed by atoms with Crippen molar-refractivity contribution in [3.05, 3.63) is 29.8 Å². The maximum absolute atomic E-state index is 12.4. The Kier molecular flexibility index (Phi) is 8.29. The second-order valence-corrected chi connectivity index (χ2v) is 9.12. The largest absolute Gasteiger partial charge is 0.494 e. The first-order valence-electron chi connectivity index (χ1n) is 9.76. The molecular formula is C20H29NO6S. The molecule has 0 aromatic heterocycles. The third kappa shape index (κ3) is 6.51. The number of esters is 1. The van der Waals surface area contributed by atoms with Crippen LogP contribution in [0.1, 0.15) is 49.9 Å². The highest BCUT2D eigenvalue weighted by atomic mass is 32.2. The summed E-state index contributed by atoms with van der Waals surface area (Å²) >= 11 is 0. The van der Waals surface area contributed by atoms with Crippen LogP contribution in [0.25, 0.3) is 0 Å². The van der Waals surface area contributed by atoms with Gasteiger partial charge in [-0.15, -0.1) is 0 Å². The van der Waals surface area contributed by atoms with Gasteiger partial charge in [-0.3, -0.25) is 4.79 Å². The van der Waals surface area contributed by atoms with E-state index < -0.39 is 22.4 Å². The molecule has 0 bridgehead atoms. The third-order valence-electron chi connectivity index (χ3n) is 4.74. The number of carbonyl (C=O) groups excluding carboxylic acids is 2. The van der Waals surface area contributed by atoms with E-state index in [9.17, 15) is 18.0 Å². The molecule has 8 heteroatoms. The summed E-state index contributed by atoms with van der Waals surface area (Å²) in [6.07, 6.45) is 3.65. The van der Waals surface area contributed by atoms with Gasteiger partial charge in [-0.05, 0) is 44.0 Å². The van der Waals surface area contributed by atoms with E-state index in [0.29, 0.717) is 30.9 Å². The van der Waals surface area contributed by atoms with Crippen molar-refractivity contribution in [1.82, 2.24) is 4.90 Å². The SMILES string of the molecule is CCCCCOc1ccc(C(=O)OCC(=O)N(CC)C2CCS(=O)(=O)C2)cc1. The van der Waals surface area contributed by atoms with Crippen LogP contribution >= 0.6 is 0 Å². The van der Waals surface area contributed by atoms with Crippen molar-refractivity contribution in [2.75, 3.05) is 31.3 Å². The highest BCUT2D eigenvalue weighted by Crippen LogP contribution is 2.18. The minimum absolute atomic E-state index is 0.0275. The van der Waals surface area contributed by atoms with E-state index in [0.717, 1.165) is 19.3 Å². The average Bonchev–Trinajstić information content (AvgIpc) is 3.03. The van der Waals surface area contributed by atoms with Gasteiger partial charge in [0.25, 0.3) is 5.91 Å². The molecule has 1 aromatic carbocycles. The van der Waals surface area contributed by atoms with Crippen LogP contribution in [0.5, 0.6) is 5.75 Å². The Bertz CT molecular complexity index is 759. The van der Waals surface area contributed by atoms with Gasteiger partial charge in [0.05, 0.1) is 23.7 Å². The Hall–Kier alpha value is -2.09. The van der Waals surface area contributed by atoms with E-state index >= 15 is 0 Å². The zero-order chi connectivity index (χ0) is 20.6. The van der Waals surface area contributed by atoms with Crippen molar-refractivity contribution in [1.29, 1.82) is 0 Å². The normalized spacial score (nSPS) is 17.9. The lowest BCUT2D eigenvalue weighted by atomic mass is 10.2. The van der Waals surface area contributed by atoms with Crippen LogP contribution in [-0.2, 0) is 19.4 Å². The molecule has 0 N–H and O–H groups in total. The van der Waals surface area contributed by atoms with Crippen LogP contribution in [-0.4, -0.2) is 62.5 Å². The van der Waals surface area contributed by atoms with Crippen molar-refractivity contribution in [3.63, 3.8) is 0 Å². The summed E-state index contributed by atoms with van der Waals surface area (Å²) in [4.78, 5) is 26.0. The fraction of sp³-hybridized carbons (Fsp3) is 0.600. The molecule has 1 atom stereocenters. The Morgan fingerprint density at radius 3 is 2.43 bits per heavy atom. The molecule has 1 saturated heterocycles. The zero-order valence-corrected chi connectivity index (χ0v) is 17.4. The number of carbonyl (C=O) groups is 2. The van der Waals surface area contributed by atoms with Crippen LogP contribution in [0.4, 0.5) is 0 Å².